The summed E-state index contributed by atoms with van der Waals surface area (Å²) in [7, 11) is 0. The van der Waals surface area contributed by atoms with Gasteiger partial charge in [0.15, 0.2) is 0 Å². The predicted octanol–water partition coefficient (Wildman–Crippen LogP) is 8.22. The molecule has 4 rings (SSSR count). The summed E-state index contributed by atoms with van der Waals surface area (Å²) < 4.78 is 11.8. The first-order chi connectivity index (χ1) is 17.4. The summed E-state index contributed by atoms with van der Waals surface area (Å²) in [6.45, 7) is 17.9. The number of ether oxygens (including phenoxy) is 2. The number of esters is 2. The van der Waals surface area contributed by atoms with Gasteiger partial charge in [-0.2, -0.15) is 0 Å². The Bertz CT molecular complexity index is 821. The number of carbonyl (C=O) groups excluding carboxylic acids is 2. The standard InChI is InChI=1S/C33H56O4/c1-9-24(20(2)3)11-10-21(4)27-12-13-28-26-19-31(37-23(6)35)30-18-25(36-22(5)34)14-16-33(30,8)29(26)15-17-32(27,28)7/h20-21,24-31H,9-19H2,1-8H3/t21-,24-,25+,26+,27-,28+,29+,30-,31+,32-,33-/m1/s1. The minimum atomic E-state index is -0.190. The molecule has 0 N–H and O–H groups in total. The van der Waals surface area contributed by atoms with Gasteiger partial charge in [-0.1, -0.05) is 54.4 Å². The van der Waals surface area contributed by atoms with Gasteiger partial charge in [0.2, 0.25) is 0 Å². The number of fused-ring (bicyclic) bond motifs is 5. The summed E-state index contributed by atoms with van der Waals surface area (Å²) in [6, 6.07) is 0. The molecule has 4 heteroatoms. The van der Waals surface area contributed by atoms with Gasteiger partial charge in [0.05, 0.1) is 0 Å². The van der Waals surface area contributed by atoms with Crippen molar-refractivity contribution in [1.82, 2.24) is 0 Å². The number of carbonyl (C=O) groups is 2. The molecule has 0 radical (unpaired) electrons. The molecule has 0 heterocycles. The molecule has 0 aromatic heterocycles. The van der Waals surface area contributed by atoms with Crippen LogP contribution in [0.4, 0.5) is 0 Å². The lowest BCUT2D eigenvalue weighted by molar-refractivity contribution is -0.197. The lowest BCUT2D eigenvalue weighted by atomic mass is 9.43. The molecule has 4 nitrogen and oxygen atoms in total. The SMILES string of the molecule is CC[C@H](CC[C@@H](C)[C@H]1CC[C@H]2[C@@H]3C[C@H](OC(C)=O)[C@H]4C[C@@H](OC(C)=O)CC[C@]4(C)[C@H]3CC[C@]12C)C(C)C. The first kappa shape index (κ1) is 28.9. The van der Waals surface area contributed by atoms with Gasteiger partial charge in [-0.05, 0) is 110 Å². The first-order valence-corrected chi connectivity index (χ1v) is 15.7. The van der Waals surface area contributed by atoms with Crippen LogP contribution in [-0.2, 0) is 19.1 Å². The molecule has 11 atom stereocenters. The van der Waals surface area contributed by atoms with Crippen molar-refractivity contribution in [2.75, 3.05) is 0 Å². The zero-order chi connectivity index (χ0) is 27.1. The van der Waals surface area contributed by atoms with Crippen molar-refractivity contribution in [2.24, 2.45) is 58.2 Å². The summed E-state index contributed by atoms with van der Waals surface area (Å²) in [4.78, 5) is 23.9. The van der Waals surface area contributed by atoms with Gasteiger partial charge in [0.1, 0.15) is 12.2 Å². The van der Waals surface area contributed by atoms with E-state index in [1.165, 1.54) is 51.9 Å². The maximum absolute atomic E-state index is 12.2. The molecule has 4 fully saturated rings. The monoisotopic (exact) mass is 516 g/mol. The maximum Gasteiger partial charge on any atom is 0.302 e. The molecule has 0 bridgehead atoms. The average Bonchev–Trinajstić information content (AvgIpc) is 3.16. The third-order valence-electron chi connectivity index (χ3n) is 12.5. The van der Waals surface area contributed by atoms with Crippen molar-refractivity contribution in [3.8, 4) is 0 Å². The van der Waals surface area contributed by atoms with Crippen molar-refractivity contribution in [1.29, 1.82) is 0 Å². The van der Waals surface area contributed by atoms with Crippen LogP contribution in [0.25, 0.3) is 0 Å². The van der Waals surface area contributed by atoms with Crippen LogP contribution >= 0.6 is 0 Å². The molecule has 4 aliphatic carbocycles. The van der Waals surface area contributed by atoms with E-state index in [1.54, 1.807) is 6.92 Å². The third-order valence-corrected chi connectivity index (χ3v) is 12.5. The number of hydrogen-bond acceptors (Lipinski definition) is 4. The molecule has 4 saturated carbocycles. The zero-order valence-corrected chi connectivity index (χ0v) is 25.2. The van der Waals surface area contributed by atoms with E-state index >= 15 is 0 Å². The van der Waals surface area contributed by atoms with Gasteiger partial charge in [-0.3, -0.25) is 9.59 Å². The Morgan fingerprint density at radius 3 is 2.08 bits per heavy atom. The van der Waals surface area contributed by atoms with Gasteiger partial charge in [-0.25, -0.2) is 0 Å². The van der Waals surface area contributed by atoms with E-state index in [0.717, 1.165) is 55.3 Å². The van der Waals surface area contributed by atoms with Crippen LogP contribution in [0, 0.1) is 58.2 Å². The molecule has 0 aromatic carbocycles. The van der Waals surface area contributed by atoms with Gasteiger partial charge in [0, 0.05) is 19.8 Å². The minimum absolute atomic E-state index is 0.0338. The highest BCUT2D eigenvalue weighted by Gasteiger charge is 2.63. The summed E-state index contributed by atoms with van der Waals surface area (Å²) >= 11 is 0. The molecular weight excluding hydrogens is 460 g/mol. The molecule has 37 heavy (non-hydrogen) atoms. The highest BCUT2D eigenvalue weighted by Crippen LogP contribution is 2.68. The third kappa shape index (κ3) is 5.51. The molecule has 212 valence electrons. The van der Waals surface area contributed by atoms with Crippen LogP contribution in [0.1, 0.15) is 126 Å². The smallest absolute Gasteiger partial charge is 0.302 e. The van der Waals surface area contributed by atoms with Crippen LogP contribution < -0.4 is 0 Å². The van der Waals surface area contributed by atoms with Crippen LogP contribution in [-0.4, -0.2) is 24.1 Å². The van der Waals surface area contributed by atoms with Crippen LogP contribution in [0.15, 0.2) is 0 Å². The Labute approximate surface area is 227 Å². The van der Waals surface area contributed by atoms with E-state index in [2.05, 4.69) is 41.5 Å². The number of hydrogen-bond donors (Lipinski definition) is 0. The lowest BCUT2D eigenvalue weighted by Gasteiger charge is -2.62. The summed E-state index contributed by atoms with van der Waals surface area (Å²) in [5, 5.41) is 0. The molecule has 0 spiro atoms. The fourth-order valence-corrected chi connectivity index (χ4v) is 10.6. The highest BCUT2D eigenvalue weighted by atomic mass is 16.5. The molecule has 0 unspecified atom stereocenters. The topological polar surface area (TPSA) is 52.6 Å². The van der Waals surface area contributed by atoms with Crippen LogP contribution in [0.3, 0.4) is 0 Å². The van der Waals surface area contributed by atoms with E-state index < -0.39 is 0 Å². The van der Waals surface area contributed by atoms with Gasteiger partial charge in [-0.15, -0.1) is 0 Å². The second-order valence-corrected chi connectivity index (χ2v) is 14.6. The van der Waals surface area contributed by atoms with Crippen molar-refractivity contribution in [3.63, 3.8) is 0 Å². The molecule has 4 aliphatic rings. The van der Waals surface area contributed by atoms with Crippen LogP contribution in [0.2, 0.25) is 0 Å². The van der Waals surface area contributed by atoms with Crippen molar-refractivity contribution in [2.45, 2.75) is 138 Å². The minimum Gasteiger partial charge on any atom is -0.463 e. The fourth-order valence-electron chi connectivity index (χ4n) is 10.6. The summed E-state index contributed by atoms with van der Waals surface area (Å²) in [5.41, 5.74) is 0.579. The average molecular weight is 517 g/mol. The molecular formula is C33H56O4. The predicted molar refractivity (Wildman–Crippen MR) is 149 cm³/mol. The maximum atomic E-state index is 12.2. The van der Waals surface area contributed by atoms with E-state index in [1.807, 2.05) is 0 Å². The first-order valence-electron chi connectivity index (χ1n) is 15.7. The Kier molecular flexibility index (Phi) is 8.76. The molecule has 0 aliphatic heterocycles. The quantitative estimate of drug-likeness (QED) is 0.305. The van der Waals surface area contributed by atoms with Crippen molar-refractivity contribution in [3.05, 3.63) is 0 Å². The Balaban J connectivity index is 1.53. The molecule has 0 aromatic rings. The normalized spacial score (nSPS) is 42.8. The molecule has 0 amide bonds. The van der Waals surface area contributed by atoms with Crippen LogP contribution in [0.5, 0.6) is 0 Å². The largest absolute Gasteiger partial charge is 0.463 e. The summed E-state index contributed by atoms with van der Waals surface area (Å²) in [6.07, 6.45) is 13.2. The van der Waals surface area contributed by atoms with E-state index in [-0.39, 0.29) is 29.6 Å². The van der Waals surface area contributed by atoms with E-state index in [9.17, 15) is 9.59 Å². The zero-order valence-electron chi connectivity index (χ0n) is 25.2. The van der Waals surface area contributed by atoms with E-state index in [4.69, 9.17) is 9.47 Å². The highest BCUT2D eigenvalue weighted by molar-refractivity contribution is 5.66. The van der Waals surface area contributed by atoms with Gasteiger partial charge in [0.25, 0.3) is 0 Å². The Morgan fingerprint density at radius 1 is 0.811 bits per heavy atom. The number of rotatable bonds is 8. The Hall–Kier alpha value is -1.06. The molecule has 0 saturated heterocycles. The van der Waals surface area contributed by atoms with Crippen molar-refractivity contribution >= 4 is 11.9 Å². The van der Waals surface area contributed by atoms with E-state index in [0.29, 0.717) is 23.2 Å². The van der Waals surface area contributed by atoms with Gasteiger partial charge >= 0.3 is 11.9 Å². The summed E-state index contributed by atoms with van der Waals surface area (Å²) in [5.74, 6) is 5.26. The lowest BCUT2D eigenvalue weighted by Crippen LogP contribution is -2.59. The Morgan fingerprint density at radius 2 is 1.46 bits per heavy atom. The second kappa shape index (κ2) is 11.2. The second-order valence-electron chi connectivity index (χ2n) is 14.6. The van der Waals surface area contributed by atoms with Crippen molar-refractivity contribution < 1.29 is 19.1 Å². The fraction of sp³-hybridized carbons (Fsp3) is 0.939. The van der Waals surface area contributed by atoms with Gasteiger partial charge < -0.3 is 9.47 Å².